The summed E-state index contributed by atoms with van der Waals surface area (Å²) in [6, 6.07) is 14.4. The van der Waals surface area contributed by atoms with Gasteiger partial charge in [-0.1, -0.05) is 31.2 Å². The van der Waals surface area contributed by atoms with E-state index in [0.717, 1.165) is 11.1 Å². The molecule has 0 bridgehead atoms. The van der Waals surface area contributed by atoms with Crippen LogP contribution in [0.4, 0.5) is 0 Å². The Hall–Kier alpha value is -4.05. The van der Waals surface area contributed by atoms with Gasteiger partial charge in [0, 0.05) is 18.3 Å². The van der Waals surface area contributed by atoms with Crippen LogP contribution >= 0.6 is 0 Å². The van der Waals surface area contributed by atoms with Crippen molar-refractivity contribution in [3.63, 3.8) is 0 Å². The van der Waals surface area contributed by atoms with Crippen LogP contribution in [0.1, 0.15) is 40.4 Å². The number of rotatable bonds is 3. The Morgan fingerprint density at radius 3 is 2.58 bits per heavy atom. The number of aromatic nitrogens is 3. The van der Waals surface area contributed by atoms with Crippen LogP contribution in [0.3, 0.4) is 0 Å². The number of aryl methyl sites for hydroxylation is 3. The Morgan fingerprint density at radius 1 is 1.13 bits per heavy atom. The monoisotopic (exact) mass is 411 g/mol. The third kappa shape index (κ3) is 3.42. The molecule has 3 heterocycles. The second kappa shape index (κ2) is 8.00. The van der Waals surface area contributed by atoms with Gasteiger partial charge in [0.2, 0.25) is 0 Å². The maximum absolute atomic E-state index is 13.2. The maximum Gasteiger partial charge on any atom is 0.279 e. The molecule has 3 aromatic heterocycles. The average Bonchev–Trinajstić information content (AvgIpc) is 2.76. The topological polar surface area (TPSA) is 92.5 Å². The molecule has 4 aromatic rings. The number of carbonyl (C=O) groups is 1. The zero-order valence-electron chi connectivity index (χ0n) is 17.6. The van der Waals surface area contributed by atoms with E-state index in [-0.39, 0.29) is 16.6 Å². The first-order valence-corrected chi connectivity index (χ1v) is 10.1. The Kier molecular flexibility index (Phi) is 5.22. The van der Waals surface area contributed by atoms with E-state index in [4.69, 9.17) is 4.98 Å². The fraction of sp³-hybridized carbons (Fsp3) is 0.208. The summed E-state index contributed by atoms with van der Waals surface area (Å²) in [5, 5.41) is 10.1. The first kappa shape index (κ1) is 20.2. The molecular formula is C24H21N5O2. The van der Waals surface area contributed by atoms with E-state index in [1.165, 1.54) is 10.5 Å². The highest BCUT2D eigenvalue weighted by atomic mass is 16.1. The van der Waals surface area contributed by atoms with Gasteiger partial charge < -0.3 is 4.57 Å². The number of pyridine rings is 2. The van der Waals surface area contributed by atoms with Crippen LogP contribution in [0, 0.1) is 25.2 Å². The van der Waals surface area contributed by atoms with Crippen molar-refractivity contribution in [2.75, 3.05) is 0 Å². The van der Waals surface area contributed by atoms with Crippen molar-refractivity contribution in [2.45, 2.75) is 33.7 Å². The lowest BCUT2D eigenvalue weighted by atomic mass is 10.1. The van der Waals surface area contributed by atoms with Crippen LogP contribution in [0.25, 0.3) is 16.7 Å². The molecule has 4 rings (SSSR count). The zero-order chi connectivity index (χ0) is 22.1. The van der Waals surface area contributed by atoms with Gasteiger partial charge in [-0.25, -0.2) is 4.98 Å². The Labute approximate surface area is 178 Å². The van der Waals surface area contributed by atoms with Crippen molar-refractivity contribution >= 4 is 22.6 Å². The third-order valence-electron chi connectivity index (χ3n) is 5.26. The van der Waals surface area contributed by atoms with Crippen molar-refractivity contribution in [1.29, 1.82) is 5.26 Å². The molecule has 0 aliphatic heterocycles. The minimum atomic E-state index is -0.438. The molecule has 0 saturated heterocycles. The van der Waals surface area contributed by atoms with E-state index < -0.39 is 5.91 Å². The highest BCUT2D eigenvalue weighted by molar-refractivity contribution is 5.96. The van der Waals surface area contributed by atoms with Crippen LogP contribution in [0.2, 0.25) is 0 Å². The minimum Gasteiger partial charge on any atom is -0.309 e. The number of carbonyl (C=O) groups excluding carboxylic acids is 1. The lowest BCUT2D eigenvalue weighted by Crippen LogP contribution is -2.29. The molecule has 31 heavy (non-hydrogen) atoms. The second-order valence-electron chi connectivity index (χ2n) is 7.42. The van der Waals surface area contributed by atoms with Crippen molar-refractivity contribution in [3.05, 3.63) is 86.8 Å². The van der Waals surface area contributed by atoms with Gasteiger partial charge in [-0.3, -0.25) is 14.0 Å². The standard InChI is InChI=1S/C24H21N5O2/c1-4-11-28-21(27-23(30)18-10-6-5-8-15(18)2)17(14-25)13-19-22(28)26-20-16(3)9-7-12-29(20)24(19)31/h5-10,12-13H,4,11H2,1-3H3. The van der Waals surface area contributed by atoms with E-state index in [9.17, 15) is 14.9 Å². The van der Waals surface area contributed by atoms with E-state index >= 15 is 0 Å². The average molecular weight is 411 g/mol. The Morgan fingerprint density at radius 2 is 1.87 bits per heavy atom. The molecule has 0 saturated carbocycles. The predicted octanol–water partition coefficient (Wildman–Crippen LogP) is 3.29. The van der Waals surface area contributed by atoms with Gasteiger partial charge in [-0.15, -0.1) is 0 Å². The van der Waals surface area contributed by atoms with Gasteiger partial charge in [-0.05, 0) is 49.6 Å². The molecule has 0 fully saturated rings. The first-order valence-electron chi connectivity index (χ1n) is 10.1. The van der Waals surface area contributed by atoms with Crippen molar-refractivity contribution < 1.29 is 4.79 Å². The fourth-order valence-corrected chi connectivity index (χ4v) is 3.69. The van der Waals surface area contributed by atoms with Crippen LogP contribution in [0.5, 0.6) is 0 Å². The molecule has 0 aliphatic carbocycles. The van der Waals surface area contributed by atoms with Crippen molar-refractivity contribution in [2.24, 2.45) is 4.99 Å². The summed E-state index contributed by atoms with van der Waals surface area (Å²) in [5.74, 6) is -0.438. The summed E-state index contributed by atoms with van der Waals surface area (Å²) in [6.07, 6.45) is 2.37. The van der Waals surface area contributed by atoms with Gasteiger partial charge in [0.1, 0.15) is 17.4 Å². The van der Waals surface area contributed by atoms with Gasteiger partial charge >= 0.3 is 0 Å². The molecular weight excluding hydrogens is 390 g/mol. The largest absolute Gasteiger partial charge is 0.309 e. The third-order valence-corrected chi connectivity index (χ3v) is 5.26. The highest BCUT2D eigenvalue weighted by Gasteiger charge is 2.16. The molecule has 0 aliphatic rings. The molecule has 0 spiro atoms. The van der Waals surface area contributed by atoms with Crippen LogP contribution < -0.4 is 11.0 Å². The molecule has 0 radical (unpaired) electrons. The molecule has 1 amide bonds. The molecule has 154 valence electrons. The lowest BCUT2D eigenvalue weighted by Gasteiger charge is -2.13. The molecule has 0 N–H and O–H groups in total. The minimum absolute atomic E-state index is 0.161. The van der Waals surface area contributed by atoms with E-state index in [2.05, 4.69) is 11.1 Å². The first-order chi connectivity index (χ1) is 15.0. The number of nitrogens with zero attached hydrogens (tertiary/aromatic N) is 5. The van der Waals surface area contributed by atoms with Crippen molar-refractivity contribution in [3.8, 4) is 6.07 Å². The Balaban J connectivity index is 2.14. The summed E-state index contributed by atoms with van der Waals surface area (Å²) in [4.78, 5) is 35.2. The number of benzene rings is 1. The molecule has 1 aromatic carbocycles. The summed E-state index contributed by atoms with van der Waals surface area (Å²) in [6.45, 7) is 6.16. The zero-order valence-corrected chi connectivity index (χ0v) is 17.6. The van der Waals surface area contributed by atoms with Crippen molar-refractivity contribution in [1.82, 2.24) is 14.0 Å². The number of hydrogen-bond donors (Lipinski definition) is 0. The predicted molar refractivity (Wildman–Crippen MR) is 118 cm³/mol. The normalized spacial score (nSPS) is 11.7. The highest BCUT2D eigenvalue weighted by Crippen LogP contribution is 2.14. The molecule has 0 unspecified atom stereocenters. The summed E-state index contributed by atoms with van der Waals surface area (Å²) < 4.78 is 3.18. The number of nitriles is 1. The number of hydrogen-bond acceptors (Lipinski definition) is 4. The number of amides is 1. The molecule has 7 heteroatoms. The van der Waals surface area contributed by atoms with E-state index in [1.807, 2.05) is 39.0 Å². The summed E-state index contributed by atoms with van der Waals surface area (Å²) >= 11 is 0. The van der Waals surface area contributed by atoms with Gasteiger partial charge in [-0.2, -0.15) is 10.3 Å². The van der Waals surface area contributed by atoms with E-state index in [1.54, 1.807) is 29.0 Å². The summed E-state index contributed by atoms with van der Waals surface area (Å²) in [7, 11) is 0. The number of fused-ring (bicyclic) bond motifs is 2. The van der Waals surface area contributed by atoms with E-state index in [0.29, 0.717) is 35.2 Å². The van der Waals surface area contributed by atoms with Crippen LogP contribution in [-0.2, 0) is 6.54 Å². The fourth-order valence-electron chi connectivity index (χ4n) is 3.69. The lowest BCUT2D eigenvalue weighted by molar-refractivity contribution is 0.0996. The SMILES string of the molecule is CCCn1c(=NC(=O)c2ccccc2C)c(C#N)cc2c(=O)n3cccc(C)c3nc21. The van der Waals surface area contributed by atoms with Crippen LogP contribution in [-0.4, -0.2) is 19.9 Å². The smallest absolute Gasteiger partial charge is 0.279 e. The Bertz CT molecular complexity index is 1520. The summed E-state index contributed by atoms with van der Waals surface area (Å²) in [5.41, 5.74) is 3.18. The quantitative estimate of drug-likeness (QED) is 0.484. The molecule has 0 atom stereocenters. The van der Waals surface area contributed by atoms with Gasteiger partial charge in [0.15, 0.2) is 5.49 Å². The van der Waals surface area contributed by atoms with Crippen LogP contribution in [0.15, 0.2) is 58.4 Å². The van der Waals surface area contributed by atoms with Gasteiger partial charge in [0.05, 0.1) is 10.9 Å². The van der Waals surface area contributed by atoms with Gasteiger partial charge in [0.25, 0.3) is 11.5 Å². The maximum atomic E-state index is 13.2. The molecule has 7 nitrogen and oxygen atoms in total. The second-order valence-corrected chi connectivity index (χ2v) is 7.42.